The third-order valence-corrected chi connectivity index (χ3v) is 1.96. The Morgan fingerprint density at radius 1 is 1.73 bits per heavy atom. The first kappa shape index (κ1) is 7.93. The summed E-state index contributed by atoms with van der Waals surface area (Å²) in [7, 11) is -2.89. The molecule has 1 rings (SSSR count). The van der Waals surface area contributed by atoms with E-state index in [1.165, 1.54) is 18.5 Å². The normalized spacial score (nSPS) is 15.7. The molecule has 1 atom stereocenters. The van der Waals surface area contributed by atoms with E-state index in [9.17, 15) is 9.00 Å². The highest BCUT2D eigenvalue weighted by Crippen LogP contribution is 1.95. The van der Waals surface area contributed by atoms with Crippen LogP contribution >= 0.6 is 0 Å². The zero-order valence-electron chi connectivity index (χ0n) is 5.83. The molecule has 0 radical (unpaired) electrons. The number of H-pyrrole nitrogens is 1. The van der Waals surface area contributed by atoms with Crippen LogP contribution in [0.5, 0.6) is 0 Å². The van der Waals surface area contributed by atoms with Gasteiger partial charge in [0, 0.05) is 18.5 Å². The van der Waals surface area contributed by atoms with Gasteiger partial charge in [0.2, 0.25) is 5.16 Å². The van der Waals surface area contributed by atoms with Crippen LogP contribution in [0.2, 0.25) is 0 Å². The van der Waals surface area contributed by atoms with Gasteiger partial charge in [-0.25, -0.2) is 14.0 Å². The Balaban J connectivity index is 3.40. The molecule has 0 saturated heterocycles. The van der Waals surface area contributed by atoms with Gasteiger partial charge in [0.05, 0.1) is 0 Å². The molecule has 0 saturated carbocycles. The van der Waals surface area contributed by atoms with Crippen molar-refractivity contribution in [1.82, 2.24) is 9.97 Å². The van der Waals surface area contributed by atoms with Crippen LogP contribution in [-0.4, -0.2) is 20.4 Å². The minimum Gasteiger partial charge on any atom is -0.299 e. The van der Waals surface area contributed by atoms with Crippen LogP contribution in [0.1, 0.15) is 0 Å². The highest BCUT2D eigenvalue weighted by Gasteiger charge is 2.03. The Labute approximate surface area is 63.5 Å². The second kappa shape index (κ2) is 2.46. The summed E-state index contributed by atoms with van der Waals surface area (Å²) < 4.78 is 18.0. The average Bonchev–Trinajstić information content (AvgIpc) is 1.86. The molecule has 0 bridgehead atoms. The minimum atomic E-state index is -2.89. The first-order valence-electron chi connectivity index (χ1n) is 2.79. The first-order chi connectivity index (χ1) is 5.00. The molecule has 5 nitrogen and oxygen atoms in total. The van der Waals surface area contributed by atoms with E-state index in [1.807, 2.05) is 0 Å². The fraction of sp³-hybridized carbons (Fsp3) is 0.200. The van der Waals surface area contributed by atoms with Crippen molar-refractivity contribution >= 4 is 9.73 Å². The van der Waals surface area contributed by atoms with Gasteiger partial charge in [0.1, 0.15) is 9.73 Å². The number of nitrogens with zero attached hydrogens (tertiary/aromatic N) is 1. The predicted molar refractivity (Wildman–Crippen MR) is 39.9 cm³/mol. The van der Waals surface area contributed by atoms with E-state index in [2.05, 4.69) is 9.97 Å². The SMILES string of the molecule is C[S@@](=N)(=O)c1nccc(=O)[nH]1. The van der Waals surface area contributed by atoms with Crippen LogP contribution in [-0.2, 0) is 9.73 Å². The predicted octanol–water partition coefficient (Wildman–Crippen LogP) is -0.195. The van der Waals surface area contributed by atoms with Crippen LogP contribution < -0.4 is 5.56 Å². The lowest BCUT2D eigenvalue weighted by Gasteiger charge is -1.96. The second-order valence-electron chi connectivity index (χ2n) is 2.08. The van der Waals surface area contributed by atoms with Crippen molar-refractivity contribution in [2.75, 3.05) is 6.26 Å². The maximum atomic E-state index is 11.0. The first-order valence-corrected chi connectivity index (χ1v) is 4.76. The fourth-order valence-corrected chi connectivity index (χ4v) is 1.11. The van der Waals surface area contributed by atoms with Gasteiger partial charge in [-0.05, 0) is 0 Å². The smallest absolute Gasteiger partial charge is 0.251 e. The van der Waals surface area contributed by atoms with Gasteiger partial charge in [-0.3, -0.25) is 9.78 Å². The summed E-state index contributed by atoms with van der Waals surface area (Å²) >= 11 is 0. The van der Waals surface area contributed by atoms with Gasteiger partial charge in [0.25, 0.3) is 5.56 Å². The minimum absolute atomic E-state index is 0.0787. The Bertz CT molecular complexity index is 406. The maximum absolute atomic E-state index is 11.0. The molecule has 0 aliphatic rings. The Morgan fingerprint density at radius 2 is 2.36 bits per heavy atom. The summed E-state index contributed by atoms with van der Waals surface area (Å²) in [5.41, 5.74) is -0.392. The van der Waals surface area contributed by atoms with Crippen LogP contribution in [0.25, 0.3) is 0 Å². The number of nitrogens with one attached hydrogen (secondary N) is 2. The summed E-state index contributed by atoms with van der Waals surface area (Å²) in [6.45, 7) is 0. The second-order valence-corrected chi connectivity index (χ2v) is 4.16. The van der Waals surface area contributed by atoms with Crippen molar-refractivity contribution in [2.45, 2.75) is 5.16 Å². The number of aromatic amines is 1. The summed E-state index contributed by atoms with van der Waals surface area (Å²) in [6, 6.07) is 1.20. The van der Waals surface area contributed by atoms with Gasteiger partial charge >= 0.3 is 0 Å². The molecule has 0 spiro atoms. The lowest BCUT2D eigenvalue weighted by molar-refractivity contribution is 0.670. The Kier molecular flexibility index (Phi) is 1.77. The van der Waals surface area contributed by atoms with Crippen molar-refractivity contribution in [3.8, 4) is 0 Å². The molecular weight excluding hydrogens is 166 g/mol. The number of rotatable bonds is 1. The van der Waals surface area contributed by atoms with Crippen molar-refractivity contribution in [2.24, 2.45) is 0 Å². The molecule has 1 aromatic heterocycles. The molecule has 0 aliphatic heterocycles. The highest BCUT2D eigenvalue weighted by molar-refractivity contribution is 7.91. The molecular formula is C5H7N3O2S. The van der Waals surface area contributed by atoms with Gasteiger partial charge in [-0.1, -0.05) is 0 Å². The molecule has 0 fully saturated rings. The Hall–Kier alpha value is -1.17. The molecule has 60 valence electrons. The number of aromatic nitrogens is 2. The molecule has 1 aromatic rings. The zero-order chi connectivity index (χ0) is 8.48. The molecule has 0 unspecified atom stereocenters. The molecule has 0 aliphatic carbocycles. The molecule has 0 amide bonds. The van der Waals surface area contributed by atoms with E-state index in [1.54, 1.807) is 0 Å². The molecule has 1 heterocycles. The van der Waals surface area contributed by atoms with Gasteiger partial charge in [-0.2, -0.15) is 0 Å². The van der Waals surface area contributed by atoms with Gasteiger partial charge in [0.15, 0.2) is 0 Å². The van der Waals surface area contributed by atoms with Crippen LogP contribution in [0, 0.1) is 4.78 Å². The standard InChI is InChI=1S/C5H7N3O2S/c1-11(6,10)5-7-3-2-4(9)8-5/h2-3,6H,1H3,(H,7,8,9)/t11-/m1/s1. The summed E-state index contributed by atoms with van der Waals surface area (Å²) in [4.78, 5) is 16.4. The van der Waals surface area contributed by atoms with Gasteiger partial charge < -0.3 is 0 Å². The molecule has 11 heavy (non-hydrogen) atoms. The summed E-state index contributed by atoms with van der Waals surface area (Å²) in [5, 5.41) is -0.0787. The van der Waals surface area contributed by atoms with E-state index in [4.69, 9.17) is 4.78 Å². The van der Waals surface area contributed by atoms with Gasteiger partial charge in [-0.15, -0.1) is 0 Å². The number of hydrogen-bond acceptors (Lipinski definition) is 4. The van der Waals surface area contributed by atoms with Crippen molar-refractivity contribution in [3.05, 3.63) is 22.6 Å². The maximum Gasteiger partial charge on any atom is 0.251 e. The third kappa shape index (κ3) is 1.87. The quantitative estimate of drug-likeness (QED) is 0.577. The highest BCUT2D eigenvalue weighted by atomic mass is 32.2. The van der Waals surface area contributed by atoms with Crippen molar-refractivity contribution < 1.29 is 4.21 Å². The van der Waals surface area contributed by atoms with Crippen LogP contribution in [0.4, 0.5) is 0 Å². The zero-order valence-corrected chi connectivity index (χ0v) is 6.64. The summed E-state index contributed by atoms with van der Waals surface area (Å²) in [6.07, 6.45) is 2.43. The fourth-order valence-electron chi connectivity index (χ4n) is 0.550. The largest absolute Gasteiger partial charge is 0.299 e. The number of hydrogen-bond donors (Lipinski definition) is 2. The van der Waals surface area contributed by atoms with Crippen molar-refractivity contribution in [3.63, 3.8) is 0 Å². The van der Waals surface area contributed by atoms with E-state index in [-0.39, 0.29) is 5.16 Å². The monoisotopic (exact) mass is 173 g/mol. The molecule has 6 heteroatoms. The Morgan fingerprint density at radius 3 is 2.73 bits per heavy atom. The molecule has 2 N–H and O–H groups in total. The average molecular weight is 173 g/mol. The lowest BCUT2D eigenvalue weighted by Crippen LogP contribution is -2.11. The topological polar surface area (TPSA) is 86.7 Å². The van der Waals surface area contributed by atoms with Crippen LogP contribution in [0.3, 0.4) is 0 Å². The molecule has 0 aromatic carbocycles. The summed E-state index contributed by atoms with van der Waals surface area (Å²) in [5.74, 6) is 0. The van der Waals surface area contributed by atoms with E-state index >= 15 is 0 Å². The van der Waals surface area contributed by atoms with E-state index in [0.29, 0.717) is 0 Å². The van der Waals surface area contributed by atoms with E-state index < -0.39 is 15.3 Å². The lowest BCUT2D eigenvalue weighted by atomic mass is 10.7. The van der Waals surface area contributed by atoms with E-state index in [0.717, 1.165) is 0 Å². The third-order valence-electron chi connectivity index (χ3n) is 1.02. The van der Waals surface area contributed by atoms with Crippen LogP contribution in [0.15, 0.2) is 22.2 Å². The van der Waals surface area contributed by atoms with Crippen molar-refractivity contribution in [1.29, 1.82) is 4.78 Å².